The number of hydrogen-bond donors (Lipinski definition) is 0. The van der Waals surface area contributed by atoms with E-state index in [1.54, 1.807) is 0 Å². The van der Waals surface area contributed by atoms with Crippen LogP contribution in [0, 0.1) is 0 Å². The highest BCUT2D eigenvalue weighted by atomic mass is 79.9. The van der Waals surface area contributed by atoms with Crippen LogP contribution in [0.25, 0.3) is 65.4 Å². The first kappa shape index (κ1) is 13.0. The Bertz CT molecular complexity index is 2110. The highest BCUT2D eigenvalue weighted by Gasteiger charge is 2.16. The minimum atomic E-state index is -0.420. The number of halogens is 1. The monoisotopic (exact) mass is 478 g/mol. The summed E-state index contributed by atoms with van der Waals surface area (Å²) >= 11 is 3.80. The van der Waals surface area contributed by atoms with Gasteiger partial charge in [-0.05, 0) is 77.5 Å². The molecule has 0 spiro atoms. The van der Waals surface area contributed by atoms with Gasteiger partial charge in [-0.3, -0.25) is 0 Å². The first-order valence-corrected chi connectivity index (χ1v) is 11.0. The molecule has 0 N–H and O–H groups in total. The zero-order valence-electron chi connectivity index (χ0n) is 22.6. The molecule has 0 aliphatic rings. The van der Waals surface area contributed by atoms with Crippen molar-refractivity contribution in [3.8, 4) is 11.1 Å². The Morgan fingerprint density at radius 1 is 0.625 bits per heavy atom. The van der Waals surface area contributed by atoms with Crippen molar-refractivity contribution in [3.63, 3.8) is 0 Å². The van der Waals surface area contributed by atoms with Crippen LogP contribution in [0.4, 0.5) is 0 Å². The number of furan rings is 1. The molecule has 0 aliphatic heterocycles. The second kappa shape index (κ2) is 6.69. The second-order valence-corrected chi connectivity index (χ2v) is 8.59. The average Bonchev–Trinajstić information content (AvgIpc) is 3.32. The van der Waals surface area contributed by atoms with E-state index in [1.807, 2.05) is 42.5 Å². The highest BCUT2D eigenvalue weighted by molar-refractivity contribution is 9.10. The number of rotatable bonds is 1. The van der Waals surface area contributed by atoms with Gasteiger partial charge in [0.25, 0.3) is 0 Å². The van der Waals surface area contributed by atoms with Crippen LogP contribution in [-0.2, 0) is 0 Å². The predicted octanol–water partition coefficient (Wildman–Crippen LogP) is 9.48. The van der Waals surface area contributed by atoms with Gasteiger partial charge in [-0.25, -0.2) is 0 Å². The zero-order chi connectivity index (χ0) is 26.5. The molecule has 0 fully saturated rings. The lowest BCUT2D eigenvalue weighted by Crippen LogP contribution is -1.87. The Kier molecular flexibility index (Phi) is 2.73. The number of fused-ring (bicyclic) bond motifs is 7. The van der Waals surface area contributed by atoms with Gasteiger partial charge >= 0.3 is 0 Å². The van der Waals surface area contributed by atoms with Gasteiger partial charge in [0, 0.05) is 15.2 Å². The van der Waals surface area contributed by atoms with Crippen LogP contribution in [0.15, 0.2) is 112 Å². The Morgan fingerprint density at radius 2 is 1.31 bits per heavy atom. The van der Waals surface area contributed by atoms with Crippen molar-refractivity contribution in [2.24, 2.45) is 0 Å². The van der Waals surface area contributed by atoms with Crippen molar-refractivity contribution in [3.05, 3.63) is 107 Å². The molecular weight excluding hydrogens is 456 g/mol. The molecule has 0 aliphatic carbocycles. The lowest BCUT2D eigenvalue weighted by molar-refractivity contribution is 0.669. The van der Waals surface area contributed by atoms with Crippen LogP contribution in [0.5, 0.6) is 0 Å². The molecule has 1 nitrogen and oxygen atoms in total. The molecule has 0 atom stereocenters. The van der Waals surface area contributed by atoms with E-state index in [4.69, 9.17) is 12.6 Å². The van der Waals surface area contributed by atoms with Crippen molar-refractivity contribution in [2.75, 3.05) is 0 Å². The molecule has 0 radical (unpaired) electrons. The minimum absolute atomic E-state index is 0.0288. The molecule has 32 heavy (non-hydrogen) atoms. The topological polar surface area (TPSA) is 13.1 Å². The first-order valence-electron chi connectivity index (χ1n) is 13.2. The molecule has 0 saturated carbocycles. The van der Waals surface area contributed by atoms with E-state index < -0.39 is 6.04 Å². The van der Waals surface area contributed by atoms with Crippen molar-refractivity contribution in [1.82, 2.24) is 0 Å². The van der Waals surface area contributed by atoms with Gasteiger partial charge in [-0.1, -0.05) is 84.8 Å². The lowest BCUT2D eigenvalue weighted by atomic mass is 9.91. The van der Waals surface area contributed by atoms with Gasteiger partial charge in [0.15, 0.2) is 0 Å². The maximum atomic E-state index is 8.66. The number of benzene rings is 6. The number of hydrogen-bond acceptors (Lipinski definition) is 1. The third-order valence-electron chi connectivity index (χ3n) is 6.08. The lowest BCUT2D eigenvalue weighted by Gasteiger charge is -2.14. The van der Waals surface area contributed by atoms with E-state index in [0.29, 0.717) is 16.4 Å². The normalized spacial score (nSPS) is 14.5. The molecule has 0 saturated heterocycles. The SMILES string of the molecule is [2H]c1c([2H])c([2H])c2c(c1[2H])c([2H])c([2H])c1oc3ccc(-c4c5ccccc5c(Br)c5ccccc45)cc3c12. The van der Waals surface area contributed by atoms with Crippen molar-refractivity contribution < 1.29 is 12.6 Å². The van der Waals surface area contributed by atoms with Crippen LogP contribution in [-0.4, -0.2) is 0 Å². The molecule has 0 amide bonds. The Hall–Kier alpha value is -3.62. The molecular formula is C30H17BrO. The maximum Gasteiger partial charge on any atom is 0.136 e. The molecule has 7 rings (SSSR count). The van der Waals surface area contributed by atoms with Gasteiger partial charge in [-0.15, -0.1) is 0 Å². The summed E-state index contributed by atoms with van der Waals surface area (Å²) in [5, 5.41) is 5.57. The first-order chi connectivity index (χ1) is 18.3. The zero-order valence-corrected chi connectivity index (χ0v) is 18.2. The Labute approximate surface area is 201 Å². The van der Waals surface area contributed by atoms with Crippen LogP contribution in [0.1, 0.15) is 8.22 Å². The van der Waals surface area contributed by atoms with Crippen LogP contribution in [0.2, 0.25) is 0 Å². The third kappa shape index (κ3) is 2.44. The highest BCUT2D eigenvalue weighted by Crippen LogP contribution is 2.43. The summed E-state index contributed by atoms with van der Waals surface area (Å²) in [6.45, 7) is 0. The summed E-state index contributed by atoms with van der Waals surface area (Å²) in [5.74, 6) is 0. The molecule has 7 aromatic rings. The minimum Gasteiger partial charge on any atom is -0.456 e. The molecule has 1 heterocycles. The predicted molar refractivity (Wildman–Crippen MR) is 139 cm³/mol. The van der Waals surface area contributed by atoms with Gasteiger partial charge < -0.3 is 4.42 Å². The van der Waals surface area contributed by atoms with E-state index in [0.717, 1.165) is 37.1 Å². The summed E-state index contributed by atoms with van der Waals surface area (Å²) in [6, 6.07) is 20.3. The van der Waals surface area contributed by atoms with E-state index in [9.17, 15) is 0 Å². The summed E-state index contributed by atoms with van der Waals surface area (Å²) in [5.41, 5.74) is 2.58. The molecule has 1 aromatic heterocycles. The standard InChI is InChI=1S/C30H17BrO/c31-30-23-11-5-3-9-21(23)28(22-10-4-6-12-24(22)30)19-14-15-26-25(17-19)29-20-8-2-1-7-18(20)13-16-27(29)32-26/h1-17H/i1D,2D,7D,8D,13D,16D. The van der Waals surface area contributed by atoms with Crippen molar-refractivity contribution in [2.45, 2.75) is 0 Å². The fourth-order valence-electron chi connectivity index (χ4n) is 4.69. The fraction of sp³-hybridized carbons (Fsp3) is 0. The second-order valence-electron chi connectivity index (χ2n) is 7.80. The van der Waals surface area contributed by atoms with Crippen LogP contribution in [0.3, 0.4) is 0 Å². The van der Waals surface area contributed by atoms with Gasteiger partial charge in [0.05, 0.1) is 8.22 Å². The summed E-state index contributed by atoms with van der Waals surface area (Å²) in [7, 11) is 0. The average molecular weight is 479 g/mol. The third-order valence-corrected chi connectivity index (χ3v) is 6.94. The van der Waals surface area contributed by atoms with Crippen LogP contribution >= 0.6 is 15.9 Å². The Morgan fingerprint density at radius 3 is 2.06 bits per heavy atom. The smallest absolute Gasteiger partial charge is 0.136 e. The van der Waals surface area contributed by atoms with E-state index >= 15 is 0 Å². The van der Waals surface area contributed by atoms with Crippen molar-refractivity contribution >= 4 is 70.2 Å². The van der Waals surface area contributed by atoms with E-state index in [2.05, 4.69) is 40.2 Å². The largest absolute Gasteiger partial charge is 0.456 e. The van der Waals surface area contributed by atoms with E-state index in [1.165, 1.54) is 0 Å². The molecule has 2 heteroatoms. The molecule has 0 unspecified atom stereocenters. The van der Waals surface area contributed by atoms with Crippen LogP contribution < -0.4 is 0 Å². The molecule has 0 bridgehead atoms. The molecule has 6 aromatic carbocycles. The fourth-order valence-corrected chi connectivity index (χ4v) is 5.38. The quantitative estimate of drug-likeness (QED) is 0.214. The Balaban J connectivity index is 1.69. The molecule has 150 valence electrons. The van der Waals surface area contributed by atoms with Gasteiger partial charge in [0.2, 0.25) is 0 Å². The van der Waals surface area contributed by atoms with E-state index in [-0.39, 0.29) is 46.6 Å². The summed E-state index contributed by atoms with van der Waals surface area (Å²) in [4.78, 5) is 0. The van der Waals surface area contributed by atoms with Gasteiger partial charge in [-0.2, -0.15) is 0 Å². The van der Waals surface area contributed by atoms with Crippen molar-refractivity contribution in [1.29, 1.82) is 0 Å². The maximum absolute atomic E-state index is 8.66. The summed E-state index contributed by atoms with van der Waals surface area (Å²) < 4.78 is 57.7. The summed E-state index contributed by atoms with van der Waals surface area (Å²) in [6.07, 6.45) is 0. The van der Waals surface area contributed by atoms with Gasteiger partial charge in [0.1, 0.15) is 11.2 Å².